The third kappa shape index (κ3) is 2.38. The Morgan fingerprint density at radius 1 is 2.00 bits per heavy atom. The van der Waals surface area contributed by atoms with Gasteiger partial charge in [0.05, 0.1) is 0 Å². The topological polar surface area (TPSA) is 26.3 Å². The van der Waals surface area contributed by atoms with Crippen LogP contribution in [0.5, 0.6) is 0 Å². The van der Waals surface area contributed by atoms with Gasteiger partial charge in [-0.05, 0) is 0 Å². The maximum atomic E-state index is 9.91. The first-order valence-electron chi connectivity index (χ1n) is 2.26. The van der Waals surface area contributed by atoms with E-state index in [1.165, 1.54) is 7.11 Å². The van der Waals surface area contributed by atoms with Gasteiger partial charge in [0, 0.05) is 13.5 Å². The fourth-order valence-corrected chi connectivity index (χ4v) is 0.303. The van der Waals surface area contributed by atoms with Gasteiger partial charge in [-0.25, -0.2) is 0 Å². The summed E-state index contributed by atoms with van der Waals surface area (Å²) >= 11 is 0. The second-order valence-corrected chi connectivity index (χ2v) is 1.32. The molecule has 0 spiro atoms. The lowest BCUT2D eigenvalue weighted by atomic mass is 10.3. The number of carbonyl (C=O) groups is 1. The first kappa shape index (κ1) is 7.19. The second kappa shape index (κ2) is 4.35. The Morgan fingerprint density at radius 2 is 2.62 bits per heavy atom. The zero-order valence-corrected chi connectivity index (χ0v) is 4.76. The molecule has 0 saturated heterocycles. The van der Waals surface area contributed by atoms with Gasteiger partial charge in [-0.2, -0.15) is 0 Å². The van der Waals surface area contributed by atoms with Gasteiger partial charge in [-0.3, -0.25) is 0 Å². The fourth-order valence-electron chi connectivity index (χ4n) is 0.303. The molecule has 0 aliphatic rings. The summed E-state index contributed by atoms with van der Waals surface area (Å²) in [5, 5.41) is 0. The summed E-state index contributed by atoms with van der Waals surface area (Å²) in [6.45, 7) is 0. The summed E-state index contributed by atoms with van der Waals surface area (Å²) in [5.41, 5.74) is 0. The normalized spacial score (nSPS) is 12.0. The summed E-state index contributed by atoms with van der Waals surface area (Å²) in [7, 11) is 1.45. The van der Waals surface area contributed by atoms with Gasteiger partial charge in [0.2, 0.25) is 0 Å². The molecule has 1 atom stereocenters. The third-order valence-electron chi connectivity index (χ3n) is 0.774. The molecular formula is C6H8O2. The minimum absolute atomic E-state index is 0.361. The van der Waals surface area contributed by atoms with Crippen molar-refractivity contribution in [3.63, 3.8) is 0 Å². The Labute approximate surface area is 48.8 Å². The highest BCUT2D eigenvalue weighted by Crippen LogP contribution is 1.88. The Balaban J connectivity index is 3.40. The van der Waals surface area contributed by atoms with Crippen LogP contribution in [-0.2, 0) is 9.53 Å². The molecule has 0 aromatic heterocycles. The molecule has 0 radical (unpaired) electrons. The summed E-state index contributed by atoms with van der Waals surface area (Å²) in [5.74, 6) is 2.31. The Bertz CT molecular complexity index is 102. The molecule has 0 aromatic carbocycles. The summed E-state index contributed by atoms with van der Waals surface area (Å²) < 4.78 is 4.63. The van der Waals surface area contributed by atoms with Crippen LogP contribution in [0.4, 0.5) is 0 Å². The van der Waals surface area contributed by atoms with E-state index in [1.807, 2.05) is 0 Å². The third-order valence-corrected chi connectivity index (χ3v) is 0.774. The van der Waals surface area contributed by atoms with Crippen molar-refractivity contribution in [1.82, 2.24) is 0 Å². The van der Waals surface area contributed by atoms with E-state index in [0.717, 1.165) is 0 Å². The molecule has 0 aliphatic heterocycles. The van der Waals surface area contributed by atoms with E-state index in [9.17, 15) is 4.79 Å². The van der Waals surface area contributed by atoms with E-state index in [0.29, 0.717) is 12.7 Å². The second-order valence-electron chi connectivity index (χ2n) is 1.32. The average molecular weight is 112 g/mol. The van der Waals surface area contributed by atoms with Crippen molar-refractivity contribution in [2.75, 3.05) is 7.11 Å². The minimum atomic E-state index is -0.417. The lowest BCUT2D eigenvalue weighted by Gasteiger charge is -1.99. The van der Waals surface area contributed by atoms with E-state index in [4.69, 9.17) is 6.42 Å². The van der Waals surface area contributed by atoms with Gasteiger partial charge in [-0.15, -0.1) is 12.3 Å². The molecular weight excluding hydrogens is 104 g/mol. The smallest absolute Gasteiger partial charge is 0.149 e. The van der Waals surface area contributed by atoms with Crippen LogP contribution < -0.4 is 0 Å². The summed E-state index contributed by atoms with van der Waals surface area (Å²) in [6, 6.07) is 0. The molecule has 2 nitrogen and oxygen atoms in total. The predicted octanol–water partition coefficient (Wildman–Crippen LogP) is 0.224. The van der Waals surface area contributed by atoms with Crippen LogP contribution in [0, 0.1) is 12.3 Å². The van der Waals surface area contributed by atoms with Crippen LogP contribution in [0.2, 0.25) is 0 Å². The van der Waals surface area contributed by atoms with Crippen molar-refractivity contribution >= 4 is 6.29 Å². The quantitative estimate of drug-likeness (QED) is 0.385. The predicted molar refractivity (Wildman–Crippen MR) is 30.3 cm³/mol. The van der Waals surface area contributed by atoms with Crippen molar-refractivity contribution < 1.29 is 9.53 Å². The molecule has 1 unspecified atom stereocenters. The number of hydrogen-bond acceptors (Lipinski definition) is 2. The SMILES string of the molecule is C#CCC(C=O)OC. The highest BCUT2D eigenvalue weighted by atomic mass is 16.5. The molecule has 0 rings (SSSR count). The van der Waals surface area contributed by atoms with Crippen LogP contribution in [0.25, 0.3) is 0 Å². The fraction of sp³-hybridized carbons (Fsp3) is 0.500. The first-order valence-corrected chi connectivity index (χ1v) is 2.26. The van der Waals surface area contributed by atoms with Gasteiger partial charge in [-0.1, -0.05) is 0 Å². The molecule has 8 heavy (non-hydrogen) atoms. The van der Waals surface area contributed by atoms with E-state index < -0.39 is 6.10 Å². The number of methoxy groups -OCH3 is 1. The number of hydrogen-bond donors (Lipinski definition) is 0. The maximum Gasteiger partial charge on any atom is 0.149 e. The molecule has 0 bridgehead atoms. The van der Waals surface area contributed by atoms with Crippen molar-refractivity contribution in [2.45, 2.75) is 12.5 Å². The van der Waals surface area contributed by atoms with Gasteiger partial charge in [0.25, 0.3) is 0 Å². The first-order chi connectivity index (χ1) is 3.85. The van der Waals surface area contributed by atoms with Gasteiger partial charge < -0.3 is 9.53 Å². The molecule has 0 heterocycles. The van der Waals surface area contributed by atoms with E-state index in [2.05, 4.69) is 10.7 Å². The zero-order valence-electron chi connectivity index (χ0n) is 4.76. The van der Waals surface area contributed by atoms with Gasteiger partial charge in [0.1, 0.15) is 12.4 Å². The largest absolute Gasteiger partial charge is 0.373 e. The van der Waals surface area contributed by atoms with E-state index >= 15 is 0 Å². The van der Waals surface area contributed by atoms with Crippen LogP contribution in [0.15, 0.2) is 0 Å². The van der Waals surface area contributed by atoms with Crippen LogP contribution >= 0.6 is 0 Å². The van der Waals surface area contributed by atoms with Crippen molar-refractivity contribution in [3.05, 3.63) is 0 Å². The van der Waals surface area contributed by atoms with Crippen molar-refractivity contribution in [2.24, 2.45) is 0 Å². The number of carbonyl (C=O) groups excluding carboxylic acids is 1. The average Bonchev–Trinajstić information content (AvgIpc) is 1.83. The molecule has 0 fully saturated rings. The number of aldehydes is 1. The maximum absolute atomic E-state index is 9.91. The Hall–Kier alpha value is -0.810. The van der Waals surface area contributed by atoms with E-state index in [-0.39, 0.29) is 0 Å². The van der Waals surface area contributed by atoms with Crippen LogP contribution in [-0.4, -0.2) is 19.5 Å². The molecule has 0 saturated carbocycles. The number of rotatable bonds is 3. The highest BCUT2D eigenvalue weighted by molar-refractivity contribution is 5.56. The Kier molecular flexibility index (Phi) is 3.91. The number of ether oxygens (including phenoxy) is 1. The standard InChI is InChI=1S/C6H8O2/c1-3-4-6(5-7)8-2/h1,5-6H,4H2,2H3. The molecule has 0 amide bonds. The summed E-state index contributed by atoms with van der Waals surface area (Å²) in [4.78, 5) is 9.91. The molecule has 0 N–H and O–H groups in total. The number of terminal acetylenes is 1. The van der Waals surface area contributed by atoms with Crippen LogP contribution in [0.1, 0.15) is 6.42 Å². The van der Waals surface area contributed by atoms with Gasteiger partial charge in [0.15, 0.2) is 0 Å². The van der Waals surface area contributed by atoms with Crippen LogP contribution in [0.3, 0.4) is 0 Å². The van der Waals surface area contributed by atoms with E-state index in [1.54, 1.807) is 0 Å². The lowest BCUT2D eigenvalue weighted by molar-refractivity contribution is -0.116. The van der Waals surface area contributed by atoms with Crippen molar-refractivity contribution in [3.8, 4) is 12.3 Å². The minimum Gasteiger partial charge on any atom is -0.373 e. The highest BCUT2D eigenvalue weighted by Gasteiger charge is 1.99. The summed E-state index contributed by atoms with van der Waals surface area (Å²) in [6.07, 6.45) is 5.53. The monoisotopic (exact) mass is 112 g/mol. The lowest BCUT2D eigenvalue weighted by Crippen LogP contribution is -2.09. The Morgan fingerprint density at radius 3 is 2.75 bits per heavy atom. The molecule has 0 aliphatic carbocycles. The van der Waals surface area contributed by atoms with Gasteiger partial charge >= 0.3 is 0 Å². The van der Waals surface area contributed by atoms with Crippen molar-refractivity contribution in [1.29, 1.82) is 0 Å². The molecule has 2 heteroatoms. The zero-order chi connectivity index (χ0) is 6.41. The molecule has 0 aromatic rings. The molecule has 44 valence electrons.